The van der Waals surface area contributed by atoms with Crippen LogP contribution in [-0.4, -0.2) is 41.9 Å². The minimum Gasteiger partial charge on any atom is -0.377 e. The summed E-state index contributed by atoms with van der Waals surface area (Å²) in [5, 5.41) is 3.41. The van der Waals surface area contributed by atoms with Crippen LogP contribution >= 0.6 is 27.5 Å². The Morgan fingerprint density at radius 2 is 2.17 bits per heavy atom. The van der Waals surface area contributed by atoms with E-state index < -0.39 is 23.3 Å². The van der Waals surface area contributed by atoms with Gasteiger partial charge in [-0.15, -0.1) is 0 Å². The van der Waals surface area contributed by atoms with Gasteiger partial charge < -0.3 is 14.8 Å². The molecule has 5 nitrogen and oxygen atoms in total. The first-order chi connectivity index (χ1) is 11.5. The predicted molar refractivity (Wildman–Crippen MR) is 87.0 cm³/mol. The van der Waals surface area contributed by atoms with Crippen LogP contribution in [0.2, 0.25) is 5.28 Å². The molecule has 1 aromatic heterocycles. The quantitative estimate of drug-likeness (QED) is 0.567. The molecule has 128 valence electrons. The molecule has 0 amide bonds. The Hall–Kier alpha value is -0.930. The zero-order valence-electron chi connectivity index (χ0n) is 12.4. The summed E-state index contributed by atoms with van der Waals surface area (Å²) in [7, 11) is 0. The van der Waals surface area contributed by atoms with Crippen LogP contribution in [0, 0.1) is 11.6 Å². The molecule has 9 heteroatoms. The predicted octanol–water partition coefficient (Wildman–Crippen LogP) is 3.14. The van der Waals surface area contributed by atoms with Crippen LogP contribution < -0.4 is 5.32 Å². The van der Waals surface area contributed by atoms with E-state index in [1.165, 1.54) is 6.07 Å². The van der Waals surface area contributed by atoms with Crippen molar-refractivity contribution in [2.45, 2.75) is 18.1 Å². The SMILES string of the molecule is Fc1cc2c(C3CC4(CNCCOC4)O3)nc(Cl)nc2c(F)c1Br. The van der Waals surface area contributed by atoms with Crippen LogP contribution in [0.4, 0.5) is 8.78 Å². The van der Waals surface area contributed by atoms with Gasteiger partial charge in [0, 0.05) is 24.9 Å². The Bertz CT molecular complexity index is 807. The Balaban J connectivity index is 1.73. The highest BCUT2D eigenvalue weighted by atomic mass is 79.9. The summed E-state index contributed by atoms with van der Waals surface area (Å²) in [4.78, 5) is 8.04. The molecule has 2 saturated heterocycles. The number of ether oxygens (including phenoxy) is 2. The van der Waals surface area contributed by atoms with Crippen molar-refractivity contribution in [1.82, 2.24) is 15.3 Å². The summed E-state index contributed by atoms with van der Waals surface area (Å²) in [6, 6.07) is 1.20. The van der Waals surface area contributed by atoms with Crippen molar-refractivity contribution in [2.24, 2.45) is 0 Å². The summed E-state index contributed by atoms with van der Waals surface area (Å²) in [5.41, 5.74) is -0.0691. The molecule has 2 fully saturated rings. The van der Waals surface area contributed by atoms with Gasteiger partial charge in [-0.2, -0.15) is 0 Å². The molecule has 0 aliphatic carbocycles. The highest BCUT2D eigenvalue weighted by Crippen LogP contribution is 2.45. The second-order valence-electron chi connectivity index (χ2n) is 5.98. The summed E-state index contributed by atoms with van der Waals surface area (Å²) >= 11 is 8.80. The van der Waals surface area contributed by atoms with Gasteiger partial charge in [-0.25, -0.2) is 18.7 Å². The van der Waals surface area contributed by atoms with Gasteiger partial charge in [0.2, 0.25) is 5.28 Å². The maximum absolute atomic E-state index is 14.3. The fraction of sp³-hybridized carbons (Fsp3) is 0.467. The number of fused-ring (bicyclic) bond motifs is 1. The highest BCUT2D eigenvalue weighted by Gasteiger charge is 2.48. The second kappa shape index (κ2) is 6.10. The minimum atomic E-state index is -0.802. The van der Waals surface area contributed by atoms with Crippen molar-refractivity contribution in [3.05, 3.63) is 33.2 Å². The van der Waals surface area contributed by atoms with Gasteiger partial charge in [-0.3, -0.25) is 0 Å². The van der Waals surface area contributed by atoms with Crippen molar-refractivity contribution in [1.29, 1.82) is 0 Å². The van der Waals surface area contributed by atoms with Gasteiger partial charge in [0.05, 0.1) is 23.4 Å². The largest absolute Gasteiger partial charge is 0.377 e. The van der Waals surface area contributed by atoms with Crippen LogP contribution in [0.3, 0.4) is 0 Å². The van der Waals surface area contributed by atoms with Crippen LogP contribution in [0.1, 0.15) is 18.2 Å². The summed E-state index contributed by atoms with van der Waals surface area (Å²) in [6.07, 6.45) is 0.221. The third kappa shape index (κ3) is 2.70. The summed E-state index contributed by atoms with van der Waals surface area (Å²) in [6.45, 7) is 2.53. The molecule has 4 rings (SSSR count). The van der Waals surface area contributed by atoms with Crippen molar-refractivity contribution >= 4 is 38.4 Å². The molecule has 1 aromatic carbocycles. The fourth-order valence-corrected chi connectivity index (χ4v) is 3.65. The van der Waals surface area contributed by atoms with Gasteiger partial charge in [-0.1, -0.05) is 0 Å². The summed E-state index contributed by atoms with van der Waals surface area (Å²) < 4.78 is 39.5. The number of hydrogen-bond donors (Lipinski definition) is 1. The highest BCUT2D eigenvalue weighted by molar-refractivity contribution is 9.10. The lowest BCUT2D eigenvalue weighted by atomic mass is 9.87. The lowest BCUT2D eigenvalue weighted by molar-refractivity contribution is -0.225. The molecule has 24 heavy (non-hydrogen) atoms. The first-order valence-corrected chi connectivity index (χ1v) is 8.63. The Morgan fingerprint density at radius 3 is 2.96 bits per heavy atom. The smallest absolute Gasteiger partial charge is 0.223 e. The van der Waals surface area contributed by atoms with Crippen molar-refractivity contribution in [2.75, 3.05) is 26.3 Å². The van der Waals surface area contributed by atoms with Crippen LogP contribution in [0.25, 0.3) is 10.9 Å². The van der Waals surface area contributed by atoms with Crippen molar-refractivity contribution in [3.8, 4) is 0 Å². The van der Waals surface area contributed by atoms with Crippen LogP contribution in [0.15, 0.2) is 10.5 Å². The van der Waals surface area contributed by atoms with Gasteiger partial charge in [0.1, 0.15) is 23.0 Å². The molecule has 1 spiro atoms. The number of nitrogens with zero attached hydrogens (tertiary/aromatic N) is 2. The molecule has 2 aliphatic heterocycles. The van der Waals surface area contributed by atoms with Gasteiger partial charge in [-0.05, 0) is 33.6 Å². The lowest BCUT2D eigenvalue weighted by Gasteiger charge is -2.46. The van der Waals surface area contributed by atoms with E-state index >= 15 is 0 Å². The third-order valence-electron chi connectivity index (χ3n) is 4.32. The van der Waals surface area contributed by atoms with Crippen LogP contribution in [0.5, 0.6) is 0 Å². The van der Waals surface area contributed by atoms with E-state index in [-0.39, 0.29) is 20.7 Å². The monoisotopic (exact) mass is 419 g/mol. The zero-order valence-corrected chi connectivity index (χ0v) is 14.8. The molecule has 0 saturated carbocycles. The van der Waals surface area contributed by atoms with Gasteiger partial charge >= 0.3 is 0 Å². The third-order valence-corrected chi connectivity index (χ3v) is 5.22. The van der Waals surface area contributed by atoms with E-state index in [0.717, 1.165) is 6.54 Å². The van der Waals surface area contributed by atoms with Crippen molar-refractivity contribution in [3.63, 3.8) is 0 Å². The normalized spacial score (nSPS) is 27.2. The average Bonchev–Trinajstić information content (AvgIpc) is 2.78. The number of benzene rings is 1. The molecule has 2 aliphatic rings. The second-order valence-corrected chi connectivity index (χ2v) is 7.11. The van der Waals surface area contributed by atoms with Gasteiger partial charge in [0.15, 0.2) is 5.82 Å². The van der Waals surface area contributed by atoms with E-state index in [4.69, 9.17) is 21.1 Å². The zero-order chi connectivity index (χ0) is 16.9. The molecular weight excluding hydrogens is 408 g/mol. The summed E-state index contributed by atoms with van der Waals surface area (Å²) in [5.74, 6) is -1.52. The van der Waals surface area contributed by atoms with E-state index in [9.17, 15) is 8.78 Å². The maximum Gasteiger partial charge on any atom is 0.223 e. The molecule has 2 atom stereocenters. The molecule has 3 heterocycles. The van der Waals surface area contributed by atoms with E-state index in [1.54, 1.807) is 0 Å². The Labute approximate surface area is 149 Å². The standard InChI is InChI=1S/C15H13BrClF2N3O2/c16-10-8(18)3-7-12(21-14(17)22-13(7)11(10)19)9-4-15(24-9)5-20-1-2-23-6-15/h3,9,20H,1-2,4-6H2. The number of rotatable bonds is 1. The molecule has 1 N–H and O–H groups in total. The first kappa shape index (κ1) is 16.5. The first-order valence-electron chi connectivity index (χ1n) is 7.46. The van der Waals surface area contributed by atoms with E-state index in [0.29, 0.717) is 31.9 Å². The fourth-order valence-electron chi connectivity index (χ4n) is 3.17. The molecule has 2 aromatic rings. The average molecular weight is 421 g/mol. The van der Waals surface area contributed by atoms with Gasteiger partial charge in [0.25, 0.3) is 0 Å². The topological polar surface area (TPSA) is 56.3 Å². The van der Waals surface area contributed by atoms with Crippen molar-refractivity contribution < 1.29 is 18.3 Å². The number of nitrogens with one attached hydrogen (secondary N) is 1. The minimum absolute atomic E-state index is 0.0296. The number of hydrogen-bond acceptors (Lipinski definition) is 5. The maximum atomic E-state index is 14.3. The Kier molecular flexibility index (Phi) is 4.20. The lowest BCUT2D eigenvalue weighted by Crippen LogP contribution is -2.54. The Morgan fingerprint density at radius 1 is 1.38 bits per heavy atom. The molecular formula is C15H13BrClF2N3O2. The number of aromatic nitrogens is 2. The van der Waals surface area contributed by atoms with Crippen LogP contribution in [-0.2, 0) is 9.47 Å². The molecule has 2 unspecified atom stereocenters. The molecule has 0 radical (unpaired) electrons. The van der Waals surface area contributed by atoms with E-state index in [2.05, 4.69) is 31.2 Å². The van der Waals surface area contributed by atoms with E-state index in [1.807, 2.05) is 0 Å². The molecule has 0 bridgehead atoms. The number of halogens is 4.